The molecule has 186 valence electrons. The molecule has 3 aromatic rings. The summed E-state index contributed by atoms with van der Waals surface area (Å²) in [6.07, 6.45) is -8.14. The Labute approximate surface area is 194 Å². The van der Waals surface area contributed by atoms with Gasteiger partial charge in [-0.15, -0.1) is 0 Å². The minimum atomic E-state index is -4.71. The molecule has 14 heteroatoms. The Morgan fingerprint density at radius 3 is 2.23 bits per heavy atom. The minimum Gasteiger partial charge on any atom is -0.340 e. The second-order valence-electron chi connectivity index (χ2n) is 8.14. The van der Waals surface area contributed by atoms with Crippen LogP contribution in [0, 0.1) is 0 Å². The van der Waals surface area contributed by atoms with Gasteiger partial charge in [-0.25, -0.2) is 9.37 Å². The number of hydrogen-bond acceptors (Lipinski definition) is 7. The molecular formula is C21H18F7N7. The van der Waals surface area contributed by atoms with Gasteiger partial charge in [0.25, 0.3) is 0 Å². The predicted octanol–water partition coefficient (Wildman–Crippen LogP) is 5.44. The second-order valence-corrected chi connectivity index (χ2v) is 8.14. The van der Waals surface area contributed by atoms with Crippen molar-refractivity contribution in [2.75, 3.05) is 23.3 Å². The zero-order valence-electron chi connectivity index (χ0n) is 18.1. The summed E-state index contributed by atoms with van der Waals surface area (Å²) in [4.78, 5) is 21.0. The maximum Gasteiger partial charge on any atom is 0.433 e. The van der Waals surface area contributed by atoms with Crippen molar-refractivity contribution in [1.29, 1.82) is 0 Å². The largest absolute Gasteiger partial charge is 0.433 e. The van der Waals surface area contributed by atoms with Crippen LogP contribution in [0.3, 0.4) is 0 Å². The van der Waals surface area contributed by atoms with Crippen LogP contribution >= 0.6 is 0 Å². The summed E-state index contributed by atoms with van der Waals surface area (Å²) in [5.41, 5.74) is -3.98. The maximum atomic E-state index is 14.3. The zero-order chi connectivity index (χ0) is 25.4. The molecule has 3 aromatic heterocycles. The van der Waals surface area contributed by atoms with Crippen LogP contribution in [0.15, 0.2) is 36.5 Å². The van der Waals surface area contributed by atoms with Crippen molar-refractivity contribution < 1.29 is 30.7 Å². The van der Waals surface area contributed by atoms with Gasteiger partial charge < -0.3 is 10.2 Å². The van der Waals surface area contributed by atoms with E-state index in [1.165, 1.54) is 19.1 Å². The van der Waals surface area contributed by atoms with E-state index in [0.29, 0.717) is 0 Å². The van der Waals surface area contributed by atoms with Crippen LogP contribution < -0.4 is 10.2 Å². The predicted molar refractivity (Wildman–Crippen MR) is 112 cm³/mol. The lowest BCUT2D eigenvalue weighted by atomic mass is 9.96. The lowest BCUT2D eigenvalue weighted by molar-refractivity contribution is -0.141. The molecule has 0 atom stereocenters. The van der Waals surface area contributed by atoms with Gasteiger partial charge in [0.05, 0.1) is 0 Å². The number of hydrogen-bond donors (Lipinski definition) is 1. The molecule has 35 heavy (non-hydrogen) atoms. The van der Waals surface area contributed by atoms with E-state index in [1.807, 2.05) is 0 Å². The first-order valence-electron chi connectivity index (χ1n) is 10.4. The van der Waals surface area contributed by atoms with Gasteiger partial charge in [0.15, 0.2) is 5.82 Å². The van der Waals surface area contributed by atoms with E-state index in [0.717, 1.165) is 24.4 Å². The third-order valence-electron chi connectivity index (χ3n) is 5.29. The maximum absolute atomic E-state index is 14.3. The van der Waals surface area contributed by atoms with Crippen molar-refractivity contribution in [3.8, 4) is 11.5 Å². The summed E-state index contributed by atoms with van der Waals surface area (Å²) in [5.74, 6) is -0.434. The van der Waals surface area contributed by atoms with Crippen molar-refractivity contribution >= 4 is 17.6 Å². The zero-order valence-corrected chi connectivity index (χ0v) is 18.1. The van der Waals surface area contributed by atoms with Gasteiger partial charge in [-0.1, -0.05) is 6.07 Å². The molecule has 1 saturated heterocycles. The van der Waals surface area contributed by atoms with E-state index in [-0.39, 0.29) is 55.0 Å². The molecule has 0 radical (unpaired) electrons. The number of anilines is 3. The quantitative estimate of drug-likeness (QED) is 0.477. The number of halogens is 7. The van der Waals surface area contributed by atoms with Gasteiger partial charge in [-0.3, -0.25) is 4.98 Å². The van der Waals surface area contributed by atoms with E-state index in [9.17, 15) is 30.7 Å². The molecule has 0 amide bonds. The van der Waals surface area contributed by atoms with Gasteiger partial charge in [0, 0.05) is 25.0 Å². The number of alkyl halides is 7. The van der Waals surface area contributed by atoms with Crippen LogP contribution in [0.2, 0.25) is 0 Å². The number of pyridine rings is 2. The molecule has 4 heterocycles. The molecular weight excluding hydrogens is 483 g/mol. The average molecular weight is 501 g/mol. The Morgan fingerprint density at radius 2 is 1.57 bits per heavy atom. The van der Waals surface area contributed by atoms with Crippen LogP contribution in [0.4, 0.5) is 48.3 Å². The third-order valence-corrected chi connectivity index (χ3v) is 5.29. The van der Waals surface area contributed by atoms with Gasteiger partial charge in [-0.05, 0) is 44.0 Å². The highest BCUT2D eigenvalue weighted by Gasteiger charge is 2.34. The van der Waals surface area contributed by atoms with Crippen LogP contribution in [0.25, 0.3) is 11.5 Å². The van der Waals surface area contributed by atoms with E-state index in [2.05, 4.69) is 30.2 Å². The fourth-order valence-corrected chi connectivity index (χ4v) is 3.36. The van der Waals surface area contributed by atoms with Crippen LogP contribution in [-0.2, 0) is 12.4 Å². The normalized spacial score (nSPS) is 16.3. The van der Waals surface area contributed by atoms with Crippen LogP contribution in [-0.4, -0.2) is 43.7 Å². The summed E-state index contributed by atoms with van der Waals surface area (Å²) in [6, 6.07) is 5.17. The fourth-order valence-electron chi connectivity index (χ4n) is 3.36. The highest BCUT2D eigenvalue weighted by atomic mass is 19.4. The standard InChI is InChI=1S/C21H18F7N7/c1-19(22)6-9-35(10-7-19)18-33-16(13-3-2-4-14(31-13)20(23,24)25)32-17(34-18)30-12-5-8-29-15(11-12)21(26,27)28/h2-5,8,11H,6-7,9-10H2,1H3,(H,29,30,32,33,34). The van der Waals surface area contributed by atoms with E-state index in [1.54, 1.807) is 4.90 Å². The Morgan fingerprint density at radius 1 is 0.886 bits per heavy atom. The van der Waals surface area contributed by atoms with Crippen molar-refractivity contribution in [3.05, 3.63) is 47.9 Å². The van der Waals surface area contributed by atoms with Gasteiger partial charge in [0.1, 0.15) is 22.8 Å². The summed E-state index contributed by atoms with van der Waals surface area (Å²) in [5, 5.41) is 2.61. The number of nitrogens with zero attached hydrogens (tertiary/aromatic N) is 6. The molecule has 7 nitrogen and oxygen atoms in total. The van der Waals surface area contributed by atoms with Gasteiger partial charge in [0.2, 0.25) is 11.9 Å². The molecule has 0 spiro atoms. The Hall–Kier alpha value is -3.58. The first kappa shape index (κ1) is 24.5. The van der Waals surface area contributed by atoms with E-state index < -0.39 is 29.4 Å². The molecule has 0 bridgehead atoms. The SMILES string of the molecule is CC1(F)CCN(c2nc(Nc3ccnc(C(F)(F)F)c3)nc(-c3cccc(C(F)(F)F)n3)n2)CC1. The number of nitrogens with one attached hydrogen (secondary N) is 1. The summed E-state index contributed by atoms with van der Waals surface area (Å²) >= 11 is 0. The lowest BCUT2D eigenvalue weighted by Gasteiger charge is -2.34. The molecule has 4 rings (SSSR count). The molecule has 0 saturated carbocycles. The molecule has 1 fully saturated rings. The summed E-state index contributed by atoms with van der Waals surface area (Å²) in [7, 11) is 0. The minimum absolute atomic E-state index is 0.0253. The topological polar surface area (TPSA) is 79.7 Å². The smallest absolute Gasteiger partial charge is 0.340 e. The Kier molecular flexibility index (Phi) is 6.23. The fraction of sp³-hybridized carbons (Fsp3) is 0.381. The summed E-state index contributed by atoms with van der Waals surface area (Å²) in [6.45, 7) is 1.91. The van der Waals surface area contributed by atoms with Gasteiger partial charge in [-0.2, -0.15) is 41.3 Å². The van der Waals surface area contributed by atoms with Gasteiger partial charge >= 0.3 is 12.4 Å². The number of piperidine rings is 1. The molecule has 1 aliphatic heterocycles. The number of aromatic nitrogens is 5. The second kappa shape index (κ2) is 8.89. The highest BCUT2D eigenvalue weighted by Crippen LogP contribution is 2.32. The molecule has 1 aliphatic rings. The van der Waals surface area contributed by atoms with E-state index >= 15 is 0 Å². The average Bonchev–Trinajstić information content (AvgIpc) is 2.78. The van der Waals surface area contributed by atoms with E-state index in [4.69, 9.17) is 0 Å². The number of rotatable bonds is 4. The Balaban J connectivity index is 1.74. The van der Waals surface area contributed by atoms with Crippen molar-refractivity contribution in [1.82, 2.24) is 24.9 Å². The molecule has 0 aromatic carbocycles. The van der Waals surface area contributed by atoms with Crippen LogP contribution in [0.5, 0.6) is 0 Å². The Bertz CT molecular complexity index is 1200. The lowest BCUT2D eigenvalue weighted by Crippen LogP contribution is -2.41. The van der Waals surface area contributed by atoms with Crippen molar-refractivity contribution in [3.63, 3.8) is 0 Å². The monoisotopic (exact) mass is 501 g/mol. The van der Waals surface area contributed by atoms with Crippen LogP contribution in [0.1, 0.15) is 31.2 Å². The third kappa shape index (κ3) is 5.92. The van der Waals surface area contributed by atoms with Crippen molar-refractivity contribution in [2.45, 2.75) is 37.8 Å². The molecule has 0 aliphatic carbocycles. The molecule has 1 N–H and O–H groups in total. The highest BCUT2D eigenvalue weighted by molar-refractivity contribution is 5.59. The first-order chi connectivity index (χ1) is 16.3. The van der Waals surface area contributed by atoms with Crippen molar-refractivity contribution in [2.24, 2.45) is 0 Å². The summed E-state index contributed by atoms with van der Waals surface area (Å²) < 4.78 is 92.8. The molecule has 0 unspecified atom stereocenters. The first-order valence-corrected chi connectivity index (χ1v) is 10.4.